The highest BCUT2D eigenvalue weighted by Gasteiger charge is 2.33. The molecule has 1 N–H and O–H groups in total. The first-order valence-corrected chi connectivity index (χ1v) is 9.16. The van der Waals surface area contributed by atoms with Gasteiger partial charge in [-0.25, -0.2) is 0 Å². The summed E-state index contributed by atoms with van der Waals surface area (Å²) in [6.07, 6.45) is 1.17. The van der Waals surface area contributed by atoms with Crippen LogP contribution in [0.1, 0.15) is 24.5 Å². The summed E-state index contributed by atoms with van der Waals surface area (Å²) in [7, 11) is 0. The van der Waals surface area contributed by atoms with Gasteiger partial charge in [-0.1, -0.05) is 42.5 Å². The fourth-order valence-electron chi connectivity index (χ4n) is 3.49. The zero-order valence-corrected chi connectivity index (χ0v) is 14.7. The van der Waals surface area contributed by atoms with Gasteiger partial charge in [-0.2, -0.15) is 8.75 Å². The Morgan fingerprint density at radius 3 is 2.88 bits per heavy atom. The summed E-state index contributed by atoms with van der Waals surface area (Å²) in [5.74, 6) is 0. The Morgan fingerprint density at radius 1 is 1.12 bits per heavy atom. The lowest BCUT2D eigenvalue weighted by molar-refractivity contribution is 0.285. The summed E-state index contributed by atoms with van der Waals surface area (Å²) in [6.45, 7) is 6.42. The van der Waals surface area contributed by atoms with Gasteiger partial charge in [-0.15, -0.1) is 0 Å². The van der Waals surface area contributed by atoms with Crippen LogP contribution in [0.4, 0.5) is 0 Å². The first-order valence-electron chi connectivity index (χ1n) is 8.43. The summed E-state index contributed by atoms with van der Waals surface area (Å²) in [5, 5.41) is 3.77. The van der Waals surface area contributed by atoms with E-state index in [0.717, 1.165) is 37.2 Å². The summed E-state index contributed by atoms with van der Waals surface area (Å²) in [5.41, 5.74) is 4.82. The van der Waals surface area contributed by atoms with Gasteiger partial charge in [-0.3, -0.25) is 4.90 Å². The van der Waals surface area contributed by atoms with E-state index in [9.17, 15) is 0 Å². The third kappa shape index (κ3) is 3.34. The molecule has 0 spiro atoms. The monoisotopic (exact) mass is 338 g/mol. The van der Waals surface area contributed by atoms with Crippen LogP contribution in [-0.4, -0.2) is 32.3 Å². The number of nitrogens with one attached hydrogen (secondary N) is 1. The van der Waals surface area contributed by atoms with Gasteiger partial charge in [0.05, 0.1) is 11.7 Å². The Balaban J connectivity index is 1.39. The number of likely N-dealkylation sites (tertiary alicyclic amines) is 1. The van der Waals surface area contributed by atoms with Crippen molar-refractivity contribution in [1.82, 2.24) is 19.0 Å². The lowest BCUT2D eigenvalue weighted by atomic mass is 10.0. The van der Waals surface area contributed by atoms with Crippen molar-refractivity contribution in [3.05, 3.63) is 59.7 Å². The maximum absolute atomic E-state index is 4.44. The van der Waals surface area contributed by atoms with E-state index < -0.39 is 0 Å². The van der Waals surface area contributed by atoms with E-state index in [1.165, 1.54) is 29.3 Å². The van der Waals surface area contributed by atoms with E-state index in [2.05, 4.69) is 68.4 Å². The van der Waals surface area contributed by atoms with E-state index in [4.69, 9.17) is 0 Å². The fraction of sp³-hybridized carbons (Fsp3) is 0.368. The first kappa shape index (κ1) is 15.7. The Labute approximate surface area is 146 Å². The van der Waals surface area contributed by atoms with Crippen molar-refractivity contribution >= 4 is 22.8 Å². The standard InChI is InChI=1S/C19H22N4S/c1-19(10-11-23(14-19)13-15-6-3-2-4-7-15)20-12-16-8-5-9-17-18(16)22-24-21-17/h2-9,20H,10-14H2,1H3. The molecule has 1 atom stereocenters. The number of hydrogen-bond acceptors (Lipinski definition) is 5. The van der Waals surface area contributed by atoms with Crippen LogP contribution in [0.15, 0.2) is 48.5 Å². The summed E-state index contributed by atoms with van der Waals surface area (Å²) >= 11 is 1.29. The molecule has 0 amide bonds. The Morgan fingerprint density at radius 2 is 2.00 bits per heavy atom. The van der Waals surface area contributed by atoms with Crippen LogP contribution < -0.4 is 5.32 Å². The van der Waals surface area contributed by atoms with Gasteiger partial charge in [0.2, 0.25) is 0 Å². The van der Waals surface area contributed by atoms with Gasteiger partial charge < -0.3 is 5.32 Å². The van der Waals surface area contributed by atoms with Gasteiger partial charge in [0, 0.05) is 31.7 Å². The second-order valence-electron chi connectivity index (χ2n) is 6.91. The average molecular weight is 338 g/mol. The Hall–Kier alpha value is -1.82. The molecule has 2 aromatic carbocycles. The fourth-order valence-corrected chi connectivity index (χ4v) is 4.06. The third-order valence-corrected chi connectivity index (χ3v) is 5.42. The van der Waals surface area contributed by atoms with Gasteiger partial charge in [0.1, 0.15) is 11.0 Å². The van der Waals surface area contributed by atoms with Gasteiger partial charge in [0.15, 0.2) is 0 Å². The van der Waals surface area contributed by atoms with Crippen LogP contribution in [0.25, 0.3) is 11.0 Å². The molecule has 0 aliphatic carbocycles. The van der Waals surface area contributed by atoms with Crippen molar-refractivity contribution in [3.63, 3.8) is 0 Å². The summed E-state index contributed by atoms with van der Waals surface area (Å²) in [6, 6.07) is 17.0. The van der Waals surface area contributed by atoms with Crippen molar-refractivity contribution in [2.45, 2.75) is 32.0 Å². The first-order chi connectivity index (χ1) is 11.7. The SMILES string of the molecule is CC1(NCc2cccc3nsnc23)CCN(Cc2ccccc2)C1. The molecule has 1 aromatic heterocycles. The van der Waals surface area contributed by atoms with Crippen molar-refractivity contribution in [1.29, 1.82) is 0 Å². The number of benzene rings is 2. The highest BCUT2D eigenvalue weighted by molar-refractivity contribution is 7.00. The minimum atomic E-state index is 0.153. The molecule has 0 saturated carbocycles. The number of aromatic nitrogens is 2. The minimum Gasteiger partial charge on any atom is -0.306 e. The van der Waals surface area contributed by atoms with Crippen molar-refractivity contribution in [2.75, 3.05) is 13.1 Å². The lowest BCUT2D eigenvalue weighted by Crippen LogP contribution is -2.44. The second kappa shape index (κ2) is 6.59. The highest BCUT2D eigenvalue weighted by Crippen LogP contribution is 2.24. The number of hydrogen-bond donors (Lipinski definition) is 1. The normalized spacial score (nSPS) is 21.5. The van der Waals surface area contributed by atoms with Crippen LogP contribution in [0.3, 0.4) is 0 Å². The van der Waals surface area contributed by atoms with E-state index in [-0.39, 0.29) is 5.54 Å². The van der Waals surface area contributed by atoms with Gasteiger partial charge in [0.25, 0.3) is 0 Å². The predicted molar refractivity (Wildman–Crippen MR) is 99.0 cm³/mol. The molecule has 1 aliphatic heterocycles. The molecule has 1 fully saturated rings. The lowest BCUT2D eigenvalue weighted by Gasteiger charge is -2.26. The molecule has 4 rings (SSSR count). The molecule has 0 bridgehead atoms. The maximum atomic E-state index is 4.44. The quantitative estimate of drug-likeness (QED) is 0.774. The van der Waals surface area contributed by atoms with Crippen molar-refractivity contribution in [3.8, 4) is 0 Å². The molecule has 124 valence electrons. The Bertz CT molecular complexity index is 816. The van der Waals surface area contributed by atoms with Crippen molar-refractivity contribution in [2.24, 2.45) is 0 Å². The van der Waals surface area contributed by atoms with E-state index in [0.29, 0.717) is 0 Å². The average Bonchev–Trinajstić information content (AvgIpc) is 3.21. The minimum absolute atomic E-state index is 0.153. The largest absolute Gasteiger partial charge is 0.306 e. The van der Waals surface area contributed by atoms with Gasteiger partial charge in [-0.05, 0) is 30.5 Å². The topological polar surface area (TPSA) is 41.1 Å². The zero-order chi connectivity index (χ0) is 16.4. The van der Waals surface area contributed by atoms with Crippen LogP contribution in [0.5, 0.6) is 0 Å². The number of fused-ring (bicyclic) bond motifs is 1. The molecule has 1 saturated heterocycles. The van der Waals surface area contributed by atoms with E-state index >= 15 is 0 Å². The predicted octanol–water partition coefficient (Wildman–Crippen LogP) is 3.45. The molecular formula is C19H22N4S. The molecule has 1 unspecified atom stereocenters. The van der Waals surface area contributed by atoms with E-state index in [1.807, 2.05) is 6.07 Å². The molecule has 24 heavy (non-hydrogen) atoms. The van der Waals surface area contributed by atoms with Crippen LogP contribution in [0.2, 0.25) is 0 Å². The summed E-state index contributed by atoms with van der Waals surface area (Å²) < 4.78 is 8.77. The van der Waals surface area contributed by atoms with Gasteiger partial charge >= 0.3 is 0 Å². The number of nitrogens with zero attached hydrogens (tertiary/aromatic N) is 3. The molecule has 2 heterocycles. The van der Waals surface area contributed by atoms with Crippen LogP contribution in [0, 0.1) is 0 Å². The third-order valence-electron chi connectivity index (χ3n) is 4.88. The number of rotatable bonds is 5. The van der Waals surface area contributed by atoms with Crippen molar-refractivity contribution < 1.29 is 0 Å². The summed E-state index contributed by atoms with van der Waals surface area (Å²) in [4.78, 5) is 2.54. The van der Waals surface area contributed by atoms with Crippen LogP contribution >= 0.6 is 11.7 Å². The second-order valence-corrected chi connectivity index (χ2v) is 7.44. The molecule has 4 nitrogen and oxygen atoms in total. The Kier molecular flexibility index (Phi) is 4.31. The maximum Gasteiger partial charge on any atom is 0.109 e. The molecule has 5 heteroatoms. The van der Waals surface area contributed by atoms with Crippen LogP contribution in [-0.2, 0) is 13.1 Å². The molecular weight excluding hydrogens is 316 g/mol. The molecule has 0 radical (unpaired) electrons. The smallest absolute Gasteiger partial charge is 0.109 e. The molecule has 1 aliphatic rings. The zero-order valence-electron chi connectivity index (χ0n) is 13.9. The van der Waals surface area contributed by atoms with E-state index in [1.54, 1.807) is 0 Å². The molecule has 3 aromatic rings. The highest BCUT2D eigenvalue weighted by atomic mass is 32.1.